The molecule has 140 valence electrons. The van der Waals surface area contributed by atoms with Crippen LogP contribution in [0.25, 0.3) is 0 Å². The first-order chi connectivity index (χ1) is 13.1. The van der Waals surface area contributed by atoms with E-state index in [1.807, 2.05) is 36.2 Å². The van der Waals surface area contributed by atoms with E-state index in [2.05, 4.69) is 9.97 Å². The third kappa shape index (κ3) is 5.31. The van der Waals surface area contributed by atoms with Gasteiger partial charge in [0.2, 0.25) is 11.8 Å². The predicted molar refractivity (Wildman–Crippen MR) is 100 cm³/mol. The fourth-order valence-corrected chi connectivity index (χ4v) is 2.27. The number of anilines is 1. The minimum Gasteiger partial charge on any atom is -0.497 e. The van der Waals surface area contributed by atoms with Gasteiger partial charge in [-0.15, -0.1) is 0 Å². The Morgan fingerprint density at radius 1 is 0.926 bits per heavy atom. The molecule has 0 saturated heterocycles. The first-order valence-electron chi connectivity index (χ1n) is 8.38. The molecule has 0 unspecified atom stereocenters. The summed E-state index contributed by atoms with van der Waals surface area (Å²) >= 11 is 0. The lowest BCUT2D eigenvalue weighted by Gasteiger charge is -2.17. The molecule has 2 aromatic carbocycles. The largest absolute Gasteiger partial charge is 0.497 e. The quantitative estimate of drug-likeness (QED) is 0.600. The van der Waals surface area contributed by atoms with E-state index in [1.54, 1.807) is 31.5 Å². The van der Waals surface area contributed by atoms with Gasteiger partial charge in [0.05, 0.1) is 13.7 Å². The van der Waals surface area contributed by atoms with E-state index in [4.69, 9.17) is 14.2 Å². The molecule has 0 radical (unpaired) electrons. The Hall–Kier alpha value is -3.35. The van der Waals surface area contributed by atoms with Crippen molar-refractivity contribution in [1.82, 2.24) is 9.97 Å². The minimum atomic E-state index is -0.317. The Labute approximate surface area is 157 Å². The first-order valence-corrected chi connectivity index (χ1v) is 8.38. The highest BCUT2D eigenvalue weighted by Crippen LogP contribution is 2.21. The monoisotopic (exact) mass is 369 g/mol. The number of hydrogen-bond acceptors (Lipinski definition) is 6. The molecular weight excluding hydrogens is 349 g/mol. The summed E-state index contributed by atoms with van der Waals surface area (Å²) < 4.78 is 29.4. The van der Waals surface area contributed by atoms with Crippen molar-refractivity contribution in [2.24, 2.45) is 0 Å². The van der Waals surface area contributed by atoms with E-state index in [0.29, 0.717) is 30.7 Å². The lowest BCUT2D eigenvalue weighted by molar-refractivity contribution is 0.324. The molecule has 0 bridgehead atoms. The smallest absolute Gasteiger partial charge is 0.228 e. The number of halogens is 1. The number of rotatable bonds is 8. The van der Waals surface area contributed by atoms with Crippen LogP contribution in [-0.2, 0) is 0 Å². The van der Waals surface area contributed by atoms with E-state index in [0.717, 1.165) is 11.5 Å². The van der Waals surface area contributed by atoms with Gasteiger partial charge in [0.25, 0.3) is 0 Å². The molecule has 6 nitrogen and oxygen atoms in total. The SMILES string of the molecule is COc1ccc(OCCN(C)c2nccc(Oc3ccc(F)cc3)n2)cc1. The number of aromatic nitrogens is 2. The fraction of sp³-hybridized carbons (Fsp3) is 0.200. The summed E-state index contributed by atoms with van der Waals surface area (Å²) in [6.07, 6.45) is 1.61. The van der Waals surface area contributed by atoms with Crippen LogP contribution >= 0.6 is 0 Å². The molecule has 0 aliphatic rings. The zero-order valence-electron chi connectivity index (χ0n) is 15.1. The van der Waals surface area contributed by atoms with Crippen LogP contribution in [0, 0.1) is 5.82 Å². The number of methoxy groups -OCH3 is 1. The molecule has 0 aliphatic carbocycles. The summed E-state index contributed by atoms with van der Waals surface area (Å²) in [7, 11) is 3.49. The molecule has 1 heterocycles. The molecular formula is C20H20FN3O3. The molecule has 0 atom stereocenters. The Morgan fingerprint density at radius 2 is 1.59 bits per heavy atom. The van der Waals surface area contributed by atoms with Gasteiger partial charge in [-0.1, -0.05) is 0 Å². The van der Waals surface area contributed by atoms with E-state index in [9.17, 15) is 4.39 Å². The average Bonchev–Trinajstić information content (AvgIpc) is 2.70. The molecule has 3 rings (SSSR count). The zero-order valence-corrected chi connectivity index (χ0v) is 15.1. The normalized spacial score (nSPS) is 10.3. The molecule has 7 heteroatoms. The number of hydrogen-bond donors (Lipinski definition) is 0. The molecule has 0 amide bonds. The van der Waals surface area contributed by atoms with Gasteiger partial charge in [0, 0.05) is 19.3 Å². The van der Waals surface area contributed by atoms with Crippen molar-refractivity contribution < 1.29 is 18.6 Å². The summed E-state index contributed by atoms with van der Waals surface area (Å²) in [5.41, 5.74) is 0. The minimum absolute atomic E-state index is 0.317. The number of likely N-dealkylation sites (N-methyl/N-ethyl adjacent to an activating group) is 1. The van der Waals surface area contributed by atoms with Crippen LogP contribution in [0.1, 0.15) is 0 Å². The lowest BCUT2D eigenvalue weighted by Crippen LogP contribution is -2.25. The van der Waals surface area contributed by atoms with Crippen molar-refractivity contribution in [3.8, 4) is 23.1 Å². The number of nitrogens with zero attached hydrogens (tertiary/aromatic N) is 3. The van der Waals surface area contributed by atoms with Gasteiger partial charge >= 0.3 is 0 Å². The van der Waals surface area contributed by atoms with Crippen LogP contribution in [-0.4, -0.2) is 37.3 Å². The number of benzene rings is 2. The maximum atomic E-state index is 13.0. The second kappa shape index (κ2) is 8.84. The molecule has 27 heavy (non-hydrogen) atoms. The summed E-state index contributed by atoms with van der Waals surface area (Å²) in [4.78, 5) is 10.5. The first kappa shape index (κ1) is 18.4. The zero-order chi connectivity index (χ0) is 19.1. The van der Waals surface area contributed by atoms with Crippen LogP contribution in [0.15, 0.2) is 60.8 Å². The molecule has 0 saturated carbocycles. The van der Waals surface area contributed by atoms with Crippen LogP contribution in [0.4, 0.5) is 10.3 Å². The maximum Gasteiger partial charge on any atom is 0.228 e. The van der Waals surface area contributed by atoms with Crippen LogP contribution < -0.4 is 19.1 Å². The summed E-state index contributed by atoms with van der Waals surface area (Å²) in [5, 5.41) is 0. The molecule has 1 aromatic heterocycles. The van der Waals surface area contributed by atoms with Crippen molar-refractivity contribution in [2.45, 2.75) is 0 Å². The molecule has 0 aliphatic heterocycles. The lowest BCUT2D eigenvalue weighted by atomic mass is 10.3. The van der Waals surface area contributed by atoms with Crippen LogP contribution in [0.2, 0.25) is 0 Å². The Balaban J connectivity index is 1.54. The van der Waals surface area contributed by atoms with Crippen LogP contribution in [0.5, 0.6) is 23.1 Å². The third-order valence-electron chi connectivity index (χ3n) is 3.75. The predicted octanol–water partition coefficient (Wildman–Crippen LogP) is 3.93. The van der Waals surface area contributed by atoms with Gasteiger partial charge in [-0.25, -0.2) is 9.37 Å². The highest BCUT2D eigenvalue weighted by Gasteiger charge is 2.07. The van der Waals surface area contributed by atoms with E-state index < -0.39 is 0 Å². The Kier molecular flexibility index (Phi) is 6.04. The third-order valence-corrected chi connectivity index (χ3v) is 3.75. The Bertz CT molecular complexity index is 857. The van der Waals surface area contributed by atoms with Crippen molar-refractivity contribution in [3.05, 3.63) is 66.6 Å². The van der Waals surface area contributed by atoms with Gasteiger partial charge in [-0.2, -0.15) is 4.98 Å². The second-order valence-corrected chi connectivity index (χ2v) is 5.70. The van der Waals surface area contributed by atoms with Crippen molar-refractivity contribution in [1.29, 1.82) is 0 Å². The average molecular weight is 369 g/mol. The van der Waals surface area contributed by atoms with Crippen molar-refractivity contribution in [3.63, 3.8) is 0 Å². The molecule has 0 spiro atoms. The Morgan fingerprint density at radius 3 is 2.30 bits per heavy atom. The second-order valence-electron chi connectivity index (χ2n) is 5.70. The van der Waals surface area contributed by atoms with Crippen LogP contribution in [0.3, 0.4) is 0 Å². The highest BCUT2D eigenvalue weighted by molar-refractivity contribution is 5.34. The topological polar surface area (TPSA) is 56.7 Å². The van der Waals surface area contributed by atoms with Gasteiger partial charge in [-0.3, -0.25) is 0 Å². The van der Waals surface area contributed by atoms with Gasteiger partial charge in [0.15, 0.2) is 0 Å². The standard InChI is InChI=1S/C20H20FN3O3/c1-24(13-14-26-17-9-7-16(25-2)8-10-17)20-22-12-11-19(23-20)27-18-5-3-15(21)4-6-18/h3-12H,13-14H2,1-2H3. The maximum absolute atomic E-state index is 13.0. The summed E-state index contributed by atoms with van der Waals surface area (Å²) in [6, 6.07) is 14.8. The molecule has 3 aromatic rings. The van der Waals surface area contributed by atoms with Crippen molar-refractivity contribution in [2.75, 3.05) is 32.2 Å². The van der Waals surface area contributed by atoms with Gasteiger partial charge in [0.1, 0.15) is 29.7 Å². The van der Waals surface area contributed by atoms with E-state index in [-0.39, 0.29) is 5.82 Å². The van der Waals surface area contributed by atoms with E-state index in [1.165, 1.54) is 12.1 Å². The van der Waals surface area contributed by atoms with Gasteiger partial charge < -0.3 is 19.1 Å². The molecule has 0 fully saturated rings. The molecule has 0 N–H and O–H groups in total. The fourth-order valence-electron chi connectivity index (χ4n) is 2.27. The van der Waals surface area contributed by atoms with E-state index >= 15 is 0 Å². The number of ether oxygens (including phenoxy) is 3. The highest BCUT2D eigenvalue weighted by atomic mass is 19.1. The summed E-state index contributed by atoms with van der Waals surface area (Å²) in [5.74, 6) is 2.63. The van der Waals surface area contributed by atoms with Crippen molar-refractivity contribution >= 4 is 5.95 Å². The summed E-state index contributed by atoms with van der Waals surface area (Å²) in [6.45, 7) is 1.06. The van der Waals surface area contributed by atoms with Gasteiger partial charge in [-0.05, 0) is 48.5 Å².